The summed E-state index contributed by atoms with van der Waals surface area (Å²) >= 11 is 0. The fraction of sp³-hybridized carbons (Fsp3) is 0.286. The molecule has 0 aliphatic carbocycles. The first-order chi connectivity index (χ1) is 13.8. The molecule has 0 spiro atoms. The number of rotatable bonds is 6. The van der Waals surface area contributed by atoms with Crippen LogP contribution in [0, 0.1) is 0 Å². The van der Waals surface area contributed by atoms with Crippen molar-refractivity contribution in [3.63, 3.8) is 0 Å². The van der Waals surface area contributed by atoms with Gasteiger partial charge < -0.3 is 19.9 Å². The van der Waals surface area contributed by atoms with E-state index in [9.17, 15) is 0 Å². The third-order valence-electron chi connectivity index (χ3n) is 4.91. The van der Waals surface area contributed by atoms with Crippen LogP contribution in [0.4, 0.5) is 17.3 Å². The van der Waals surface area contributed by atoms with Crippen LogP contribution in [0.15, 0.2) is 61.2 Å². The van der Waals surface area contributed by atoms with E-state index in [1.165, 1.54) is 5.56 Å². The smallest absolute Gasteiger partial charge is 0.142 e. The number of hydrogen-bond donors (Lipinski definition) is 1. The van der Waals surface area contributed by atoms with Gasteiger partial charge in [-0.3, -0.25) is 4.98 Å². The van der Waals surface area contributed by atoms with Crippen molar-refractivity contribution in [2.24, 2.45) is 0 Å². The van der Waals surface area contributed by atoms with Crippen LogP contribution < -0.4 is 19.9 Å². The van der Waals surface area contributed by atoms with Crippen molar-refractivity contribution in [1.29, 1.82) is 0 Å². The van der Waals surface area contributed by atoms with Gasteiger partial charge in [0.15, 0.2) is 0 Å². The van der Waals surface area contributed by atoms with Gasteiger partial charge in [-0.05, 0) is 29.8 Å². The lowest BCUT2D eigenvalue weighted by Crippen LogP contribution is -2.47. The van der Waals surface area contributed by atoms with Crippen molar-refractivity contribution < 1.29 is 4.74 Å². The van der Waals surface area contributed by atoms with Crippen LogP contribution in [0.25, 0.3) is 0 Å². The number of hydrogen-bond acceptors (Lipinski definition) is 7. The summed E-state index contributed by atoms with van der Waals surface area (Å²) in [6.07, 6.45) is 5.21. The molecule has 0 unspecified atom stereocenters. The topological polar surface area (TPSA) is 66.4 Å². The predicted octanol–water partition coefficient (Wildman–Crippen LogP) is 2.82. The van der Waals surface area contributed by atoms with E-state index in [1.54, 1.807) is 25.8 Å². The molecule has 1 fully saturated rings. The number of nitrogens with zero attached hydrogens (tertiary/aromatic N) is 5. The summed E-state index contributed by atoms with van der Waals surface area (Å²) in [5.74, 6) is 2.70. The van der Waals surface area contributed by atoms with Crippen molar-refractivity contribution in [3.8, 4) is 5.75 Å². The highest BCUT2D eigenvalue weighted by molar-refractivity contribution is 5.60. The molecule has 3 heterocycles. The second-order valence-corrected chi connectivity index (χ2v) is 6.62. The molecule has 0 atom stereocenters. The minimum absolute atomic E-state index is 0.709. The van der Waals surface area contributed by atoms with Crippen LogP contribution in [0.5, 0.6) is 5.75 Å². The highest BCUT2D eigenvalue weighted by atomic mass is 16.5. The molecular formula is C21H24N6O. The maximum absolute atomic E-state index is 5.50. The van der Waals surface area contributed by atoms with E-state index in [0.29, 0.717) is 6.54 Å². The Labute approximate surface area is 165 Å². The Morgan fingerprint density at radius 1 is 0.964 bits per heavy atom. The summed E-state index contributed by atoms with van der Waals surface area (Å²) in [5.41, 5.74) is 2.31. The van der Waals surface area contributed by atoms with Gasteiger partial charge in [-0.2, -0.15) is 0 Å². The summed E-state index contributed by atoms with van der Waals surface area (Å²) in [6.45, 7) is 4.35. The molecule has 1 aromatic carbocycles. The minimum atomic E-state index is 0.709. The van der Waals surface area contributed by atoms with Crippen LogP contribution in [0.3, 0.4) is 0 Å². The SMILES string of the molecule is COc1ccccc1N1CCN(c2cc(NCc3ccncc3)ncn2)CC1. The number of aromatic nitrogens is 3. The zero-order chi connectivity index (χ0) is 19.2. The normalized spacial score (nSPS) is 14.0. The van der Waals surface area contributed by atoms with Gasteiger partial charge in [0, 0.05) is 51.2 Å². The Kier molecular flexibility index (Phi) is 5.51. The maximum atomic E-state index is 5.50. The van der Waals surface area contributed by atoms with Crippen LogP contribution in [-0.2, 0) is 6.54 Å². The summed E-state index contributed by atoms with van der Waals surface area (Å²) in [7, 11) is 1.72. The first kappa shape index (κ1) is 18.0. The first-order valence-electron chi connectivity index (χ1n) is 9.41. The molecule has 0 radical (unpaired) electrons. The molecule has 1 aliphatic rings. The van der Waals surface area contributed by atoms with Crippen molar-refractivity contribution in [2.45, 2.75) is 6.54 Å². The monoisotopic (exact) mass is 376 g/mol. The number of benzene rings is 1. The number of piperazine rings is 1. The quantitative estimate of drug-likeness (QED) is 0.709. The third kappa shape index (κ3) is 4.14. The average Bonchev–Trinajstić information content (AvgIpc) is 2.79. The Bertz CT molecular complexity index is 896. The van der Waals surface area contributed by atoms with Crippen LogP contribution >= 0.6 is 0 Å². The molecule has 1 N–H and O–H groups in total. The number of methoxy groups -OCH3 is 1. The van der Waals surface area contributed by atoms with Crippen LogP contribution in [0.1, 0.15) is 5.56 Å². The van der Waals surface area contributed by atoms with E-state index in [0.717, 1.165) is 49.3 Å². The predicted molar refractivity (Wildman–Crippen MR) is 111 cm³/mol. The molecule has 0 amide bonds. The maximum Gasteiger partial charge on any atom is 0.142 e. The second-order valence-electron chi connectivity index (χ2n) is 6.62. The van der Waals surface area contributed by atoms with E-state index in [2.05, 4.69) is 42.2 Å². The number of ether oxygens (including phenoxy) is 1. The van der Waals surface area contributed by atoms with E-state index >= 15 is 0 Å². The zero-order valence-corrected chi connectivity index (χ0v) is 16.0. The van der Waals surface area contributed by atoms with Gasteiger partial charge in [-0.1, -0.05) is 12.1 Å². The summed E-state index contributed by atoms with van der Waals surface area (Å²) in [4.78, 5) is 17.5. The third-order valence-corrected chi connectivity index (χ3v) is 4.91. The number of nitrogens with one attached hydrogen (secondary N) is 1. The van der Waals surface area contributed by atoms with Crippen molar-refractivity contribution in [3.05, 3.63) is 66.7 Å². The molecule has 28 heavy (non-hydrogen) atoms. The van der Waals surface area contributed by atoms with Crippen molar-refractivity contribution in [2.75, 3.05) is 48.4 Å². The van der Waals surface area contributed by atoms with E-state index in [-0.39, 0.29) is 0 Å². The molecular weight excluding hydrogens is 352 g/mol. The van der Waals surface area contributed by atoms with Gasteiger partial charge in [0.05, 0.1) is 12.8 Å². The van der Waals surface area contributed by atoms with Gasteiger partial charge >= 0.3 is 0 Å². The highest BCUT2D eigenvalue weighted by Gasteiger charge is 2.20. The molecule has 3 aromatic rings. The molecule has 1 aliphatic heterocycles. The lowest BCUT2D eigenvalue weighted by molar-refractivity contribution is 0.413. The van der Waals surface area contributed by atoms with E-state index in [4.69, 9.17) is 4.74 Å². The Hall–Kier alpha value is -3.35. The molecule has 2 aromatic heterocycles. The minimum Gasteiger partial charge on any atom is -0.495 e. The van der Waals surface area contributed by atoms with Gasteiger partial charge in [0.1, 0.15) is 23.7 Å². The number of anilines is 3. The van der Waals surface area contributed by atoms with E-state index < -0.39 is 0 Å². The van der Waals surface area contributed by atoms with Crippen LogP contribution in [-0.4, -0.2) is 48.2 Å². The molecule has 0 bridgehead atoms. The molecule has 0 saturated carbocycles. The molecule has 7 nitrogen and oxygen atoms in total. The number of pyridine rings is 1. The average molecular weight is 376 g/mol. The molecule has 1 saturated heterocycles. The summed E-state index contributed by atoms with van der Waals surface area (Å²) < 4.78 is 5.50. The Morgan fingerprint density at radius 2 is 1.71 bits per heavy atom. The second kappa shape index (κ2) is 8.56. The van der Waals surface area contributed by atoms with Gasteiger partial charge in [-0.15, -0.1) is 0 Å². The van der Waals surface area contributed by atoms with Gasteiger partial charge in [0.25, 0.3) is 0 Å². The first-order valence-corrected chi connectivity index (χ1v) is 9.41. The largest absolute Gasteiger partial charge is 0.495 e. The lowest BCUT2D eigenvalue weighted by atomic mass is 10.2. The highest BCUT2D eigenvalue weighted by Crippen LogP contribution is 2.29. The fourth-order valence-corrected chi connectivity index (χ4v) is 3.38. The molecule has 144 valence electrons. The van der Waals surface area contributed by atoms with Gasteiger partial charge in [-0.25, -0.2) is 9.97 Å². The Balaban J connectivity index is 1.38. The van der Waals surface area contributed by atoms with Crippen molar-refractivity contribution in [1.82, 2.24) is 15.0 Å². The fourth-order valence-electron chi connectivity index (χ4n) is 3.38. The summed E-state index contributed by atoms with van der Waals surface area (Å²) in [6, 6.07) is 14.2. The number of para-hydroxylation sites is 2. The lowest BCUT2D eigenvalue weighted by Gasteiger charge is -2.37. The van der Waals surface area contributed by atoms with Crippen molar-refractivity contribution >= 4 is 17.3 Å². The van der Waals surface area contributed by atoms with Crippen LogP contribution in [0.2, 0.25) is 0 Å². The zero-order valence-electron chi connectivity index (χ0n) is 16.0. The Morgan fingerprint density at radius 3 is 2.50 bits per heavy atom. The van der Waals surface area contributed by atoms with Gasteiger partial charge in [0.2, 0.25) is 0 Å². The van der Waals surface area contributed by atoms with E-state index in [1.807, 2.05) is 30.3 Å². The molecule has 7 heteroatoms. The summed E-state index contributed by atoms with van der Waals surface area (Å²) in [5, 5.41) is 3.36. The standard InChI is InChI=1S/C21H24N6O/c1-28-19-5-3-2-4-18(19)26-10-12-27(13-11-26)21-14-20(24-16-25-21)23-15-17-6-8-22-9-7-17/h2-9,14,16H,10-13,15H2,1H3,(H,23,24,25). The molecule has 4 rings (SSSR count).